The van der Waals surface area contributed by atoms with Crippen LogP contribution in [-0.2, 0) is 0 Å². The fourth-order valence-electron chi connectivity index (χ4n) is 1.73. The molecule has 0 spiro atoms. The van der Waals surface area contributed by atoms with E-state index in [2.05, 4.69) is 86.3 Å². The van der Waals surface area contributed by atoms with Crippen molar-refractivity contribution in [2.75, 3.05) is 17.7 Å². The van der Waals surface area contributed by atoms with Crippen LogP contribution in [0, 0.1) is 3.57 Å². The lowest BCUT2D eigenvalue weighted by atomic mass is 10.0. The molecule has 2 aromatic carbocycles. The second-order valence-electron chi connectivity index (χ2n) is 3.81. The smallest absolute Gasteiger partial charge is 0.0431 e. The Kier molecular flexibility index (Phi) is 5.33. The molecule has 1 N–H and O–H groups in total. The van der Waals surface area contributed by atoms with Gasteiger partial charge in [0, 0.05) is 31.7 Å². The Balaban J connectivity index is 2.39. The van der Waals surface area contributed by atoms with Crippen LogP contribution in [0.1, 0.15) is 0 Å². The topological polar surface area (TPSA) is 12.0 Å². The molecule has 94 valence electrons. The van der Waals surface area contributed by atoms with E-state index in [1.807, 2.05) is 0 Å². The summed E-state index contributed by atoms with van der Waals surface area (Å²) < 4.78 is 2.30. The van der Waals surface area contributed by atoms with Crippen LogP contribution in [-0.4, -0.2) is 12.4 Å². The molecule has 0 unspecified atom stereocenters. The maximum atomic E-state index is 5.74. The van der Waals surface area contributed by atoms with Gasteiger partial charge in [0.05, 0.1) is 0 Å². The molecule has 0 aliphatic rings. The molecule has 0 saturated carbocycles. The van der Waals surface area contributed by atoms with Crippen LogP contribution in [0.15, 0.2) is 46.9 Å². The molecule has 0 fully saturated rings. The van der Waals surface area contributed by atoms with Gasteiger partial charge in [-0.15, -0.1) is 11.6 Å². The van der Waals surface area contributed by atoms with E-state index in [9.17, 15) is 0 Å². The molecule has 4 heteroatoms. The minimum Gasteiger partial charge on any atom is -0.383 e. The fourth-order valence-corrected chi connectivity index (χ4v) is 2.54. The van der Waals surface area contributed by atoms with Crippen molar-refractivity contribution in [3.05, 3.63) is 50.5 Å². The van der Waals surface area contributed by atoms with Gasteiger partial charge in [0.25, 0.3) is 0 Å². The Morgan fingerprint density at radius 1 is 1.11 bits per heavy atom. The van der Waals surface area contributed by atoms with Gasteiger partial charge in [0.2, 0.25) is 0 Å². The van der Waals surface area contributed by atoms with Crippen molar-refractivity contribution in [3.63, 3.8) is 0 Å². The summed E-state index contributed by atoms with van der Waals surface area (Å²) in [7, 11) is 0. The van der Waals surface area contributed by atoms with Crippen molar-refractivity contribution < 1.29 is 0 Å². The molecule has 0 aliphatic carbocycles. The fraction of sp³-hybridized carbons (Fsp3) is 0.143. The zero-order valence-electron chi connectivity index (χ0n) is 9.59. The van der Waals surface area contributed by atoms with Crippen molar-refractivity contribution in [1.82, 2.24) is 0 Å². The first-order valence-corrected chi connectivity index (χ1v) is 7.96. The highest BCUT2D eigenvalue weighted by Crippen LogP contribution is 2.31. The van der Waals surface area contributed by atoms with Crippen LogP contribution in [0.4, 0.5) is 5.69 Å². The van der Waals surface area contributed by atoms with E-state index in [0.717, 1.165) is 16.7 Å². The molecule has 0 heterocycles. The first-order valence-electron chi connectivity index (χ1n) is 5.56. The lowest BCUT2D eigenvalue weighted by Crippen LogP contribution is -2.03. The normalized spacial score (nSPS) is 10.4. The number of rotatable bonds is 4. The molecule has 0 atom stereocenters. The monoisotopic (exact) mass is 435 g/mol. The van der Waals surface area contributed by atoms with E-state index < -0.39 is 0 Å². The largest absolute Gasteiger partial charge is 0.383 e. The Morgan fingerprint density at radius 2 is 1.83 bits per heavy atom. The van der Waals surface area contributed by atoms with Crippen molar-refractivity contribution in [2.45, 2.75) is 0 Å². The lowest BCUT2D eigenvalue weighted by molar-refractivity contribution is 1.22. The van der Waals surface area contributed by atoms with Crippen molar-refractivity contribution in [3.8, 4) is 11.1 Å². The van der Waals surface area contributed by atoms with Gasteiger partial charge in [-0.05, 0) is 52.4 Å². The standard InChI is InChI=1S/C14H12BrClIN/c15-11-3-6-13(14(9-11)18-8-7-16)10-1-4-12(17)5-2-10/h1-6,9,18H,7-8H2. The summed E-state index contributed by atoms with van der Waals surface area (Å²) in [5, 5.41) is 3.35. The molecular formula is C14H12BrClIN. The average Bonchev–Trinajstić information content (AvgIpc) is 2.38. The van der Waals surface area contributed by atoms with Gasteiger partial charge < -0.3 is 5.32 Å². The molecule has 18 heavy (non-hydrogen) atoms. The molecule has 0 bridgehead atoms. The Bertz CT molecular complexity index is 528. The van der Waals surface area contributed by atoms with Gasteiger partial charge >= 0.3 is 0 Å². The third-order valence-corrected chi connectivity index (χ3v) is 3.95. The SMILES string of the molecule is ClCCNc1cc(Br)ccc1-c1ccc(I)cc1. The van der Waals surface area contributed by atoms with E-state index in [-0.39, 0.29) is 0 Å². The van der Waals surface area contributed by atoms with Crippen LogP contribution in [0.5, 0.6) is 0 Å². The van der Waals surface area contributed by atoms with Gasteiger partial charge in [-0.3, -0.25) is 0 Å². The Labute approximate surface area is 134 Å². The maximum absolute atomic E-state index is 5.74. The highest BCUT2D eigenvalue weighted by Gasteiger charge is 2.05. The molecule has 0 saturated heterocycles. The predicted octanol–water partition coefficient (Wildman–Crippen LogP) is 5.37. The summed E-state index contributed by atoms with van der Waals surface area (Å²) in [4.78, 5) is 0. The quantitative estimate of drug-likeness (QED) is 0.502. The average molecular weight is 437 g/mol. The van der Waals surface area contributed by atoms with Crippen molar-refractivity contribution >= 4 is 55.8 Å². The molecule has 0 aliphatic heterocycles. The summed E-state index contributed by atoms with van der Waals surface area (Å²) in [6.07, 6.45) is 0. The highest BCUT2D eigenvalue weighted by molar-refractivity contribution is 14.1. The Hall–Kier alpha value is -0.260. The molecular weight excluding hydrogens is 424 g/mol. The second kappa shape index (κ2) is 6.78. The van der Waals surface area contributed by atoms with E-state index in [1.165, 1.54) is 14.7 Å². The van der Waals surface area contributed by atoms with Gasteiger partial charge in [0.15, 0.2) is 0 Å². The van der Waals surface area contributed by atoms with Crippen molar-refractivity contribution in [2.24, 2.45) is 0 Å². The minimum atomic E-state index is 0.596. The third-order valence-electron chi connectivity index (χ3n) is 2.55. The number of hydrogen-bond acceptors (Lipinski definition) is 1. The first kappa shape index (κ1) is 14.2. The van der Waals surface area contributed by atoms with Crippen LogP contribution < -0.4 is 5.32 Å². The molecule has 2 rings (SSSR count). The van der Waals surface area contributed by atoms with Gasteiger partial charge in [0.1, 0.15) is 0 Å². The highest BCUT2D eigenvalue weighted by atomic mass is 127. The summed E-state index contributed by atoms with van der Waals surface area (Å²) in [6, 6.07) is 14.8. The number of benzene rings is 2. The van der Waals surface area contributed by atoms with Crippen molar-refractivity contribution in [1.29, 1.82) is 0 Å². The maximum Gasteiger partial charge on any atom is 0.0431 e. The summed E-state index contributed by atoms with van der Waals surface area (Å²) in [5.41, 5.74) is 3.51. The zero-order chi connectivity index (χ0) is 13.0. The van der Waals surface area contributed by atoms with E-state index >= 15 is 0 Å². The molecule has 2 aromatic rings. The van der Waals surface area contributed by atoms with E-state index in [0.29, 0.717) is 5.88 Å². The van der Waals surface area contributed by atoms with E-state index in [1.54, 1.807) is 0 Å². The number of hydrogen-bond donors (Lipinski definition) is 1. The van der Waals surface area contributed by atoms with Gasteiger partial charge in [-0.2, -0.15) is 0 Å². The molecule has 0 radical (unpaired) electrons. The Morgan fingerprint density at radius 3 is 2.50 bits per heavy atom. The second-order valence-corrected chi connectivity index (χ2v) is 6.35. The predicted molar refractivity (Wildman–Crippen MR) is 91.5 cm³/mol. The van der Waals surface area contributed by atoms with Crippen LogP contribution >= 0.6 is 50.1 Å². The number of alkyl halides is 1. The van der Waals surface area contributed by atoms with Gasteiger partial charge in [-0.25, -0.2) is 0 Å². The van der Waals surface area contributed by atoms with Crippen LogP contribution in [0.2, 0.25) is 0 Å². The van der Waals surface area contributed by atoms with Crippen LogP contribution in [0.25, 0.3) is 11.1 Å². The van der Waals surface area contributed by atoms with Crippen LogP contribution in [0.3, 0.4) is 0 Å². The third kappa shape index (κ3) is 3.62. The summed E-state index contributed by atoms with van der Waals surface area (Å²) >= 11 is 11.5. The number of halogens is 3. The molecule has 0 amide bonds. The minimum absolute atomic E-state index is 0.596. The lowest BCUT2D eigenvalue weighted by Gasteiger charge is -2.12. The van der Waals surface area contributed by atoms with E-state index in [4.69, 9.17) is 11.6 Å². The van der Waals surface area contributed by atoms with Gasteiger partial charge in [-0.1, -0.05) is 34.1 Å². The summed E-state index contributed by atoms with van der Waals surface area (Å²) in [5.74, 6) is 0.596. The molecule has 0 aromatic heterocycles. The zero-order valence-corrected chi connectivity index (χ0v) is 14.1. The summed E-state index contributed by atoms with van der Waals surface area (Å²) in [6.45, 7) is 0.759. The number of nitrogens with one attached hydrogen (secondary N) is 1. The molecule has 1 nitrogen and oxygen atoms in total. The first-order chi connectivity index (χ1) is 8.70. The number of anilines is 1.